The van der Waals surface area contributed by atoms with Crippen LogP contribution in [0.15, 0.2) is 10.9 Å². The summed E-state index contributed by atoms with van der Waals surface area (Å²) in [6, 6.07) is 1.57. The zero-order chi connectivity index (χ0) is 13.5. The summed E-state index contributed by atoms with van der Waals surface area (Å²) < 4.78 is 0. The van der Waals surface area contributed by atoms with Crippen molar-refractivity contribution in [3.63, 3.8) is 0 Å². The molecule has 1 aromatic heterocycles. The van der Waals surface area contributed by atoms with E-state index in [9.17, 15) is 4.79 Å². The third-order valence-corrected chi connectivity index (χ3v) is 3.36. The molecule has 5 heteroatoms. The summed E-state index contributed by atoms with van der Waals surface area (Å²) >= 11 is 1.78. The van der Waals surface area contributed by atoms with Crippen LogP contribution in [0.3, 0.4) is 0 Å². The van der Waals surface area contributed by atoms with Crippen LogP contribution in [0, 0.1) is 5.92 Å². The van der Waals surface area contributed by atoms with Crippen molar-refractivity contribution in [3.8, 4) is 0 Å². The van der Waals surface area contributed by atoms with Crippen molar-refractivity contribution in [2.45, 2.75) is 45.2 Å². The van der Waals surface area contributed by atoms with Crippen LogP contribution >= 0.6 is 11.8 Å². The number of aromatic nitrogens is 2. The van der Waals surface area contributed by atoms with Crippen LogP contribution in [0.5, 0.6) is 0 Å². The van der Waals surface area contributed by atoms with E-state index in [1.165, 1.54) is 0 Å². The number of aromatic amines is 1. The van der Waals surface area contributed by atoms with Crippen molar-refractivity contribution in [2.75, 3.05) is 6.54 Å². The highest BCUT2D eigenvalue weighted by Crippen LogP contribution is 2.13. The van der Waals surface area contributed by atoms with Gasteiger partial charge >= 0.3 is 0 Å². The van der Waals surface area contributed by atoms with Gasteiger partial charge in [-0.2, -0.15) is 11.8 Å². The molecule has 0 amide bonds. The van der Waals surface area contributed by atoms with Gasteiger partial charge in [0.1, 0.15) is 5.82 Å². The lowest BCUT2D eigenvalue weighted by Gasteiger charge is -2.08. The highest BCUT2D eigenvalue weighted by Gasteiger charge is 2.03. The Hall–Kier alpha value is -0.810. The third-order valence-electron chi connectivity index (χ3n) is 2.26. The molecule has 0 spiro atoms. The van der Waals surface area contributed by atoms with Gasteiger partial charge in [-0.3, -0.25) is 4.79 Å². The van der Waals surface area contributed by atoms with E-state index in [0.717, 1.165) is 23.8 Å². The van der Waals surface area contributed by atoms with E-state index in [2.05, 4.69) is 43.0 Å². The SMILES string of the molecule is CC(C)CNCc1cc(=O)[nH]c(CSC(C)C)n1. The average Bonchev–Trinajstić information content (AvgIpc) is 2.25. The standard InChI is InChI=1S/C13H23N3OS/c1-9(2)6-14-7-11-5-13(17)16-12(15-11)8-18-10(3)4/h5,9-10,14H,6-8H2,1-4H3,(H,15,16,17). The quantitative estimate of drug-likeness (QED) is 0.796. The molecule has 0 aliphatic rings. The maximum Gasteiger partial charge on any atom is 0.251 e. The van der Waals surface area contributed by atoms with Gasteiger partial charge in [-0.25, -0.2) is 4.98 Å². The molecule has 0 radical (unpaired) electrons. The Morgan fingerprint density at radius 1 is 1.39 bits per heavy atom. The first kappa shape index (κ1) is 15.2. The highest BCUT2D eigenvalue weighted by atomic mass is 32.2. The number of nitrogens with zero attached hydrogens (tertiary/aromatic N) is 1. The van der Waals surface area contributed by atoms with E-state index >= 15 is 0 Å². The number of nitrogens with one attached hydrogen (secondary N) is 2. The molecule has 0 aliphatic heterocycles. The Labute approximate surface area is 113 Å². The fraction of sp³-hybridized carbons (Fsp3) is 0.692. The third kappa shape index (κ3) is 6.21. The Morgan fingerprint density at radius 3 is 2.72 bits per heavy atom. The van der Waals surface area contributed by atoms with Crippen molar-refractivity contribution in [3.05, 3.63) is 27.9 Å². The molecule has 0 fully saturated rings. The summed E-state index contributed by atoms with van der Waals surface area (Å²) in [6.07, 6.45) is 0. The summed E-state index contributed by atoms with van der Waals surface area (Å²) in [5.74, 6) is 2.12. The molecule has 2 N–H and O–H groups in total. The summed E-state index contributed by atoms with van der Waals surface area (Å²) in [5.41, 5.74) is 0.754. The van der Waals surface area contributed by atoms with Crippen LogP contribution in [0.25, 0.3) is 0 Å². The van der Waals surface area contributed by atoms with Crippen LogP contribution in [0.1, 0.15) is 39.2 Å². The van der Waals surface area contributed by atoms with E-state index < -0.39 is 0 Å². The molecular weight excluding hydrogens is 246 g/mol. The van der Waals surface area contributed by atoms with Gasteiger partial charge in [0.2, 0.25) is 0 Å². The largest absolute Gasteiger partial charge is 0.311 e. The average molecular weight is 269 g/mol. The number of rotatable bonds is 7. The minimum Gasteiger partial charge on any atom is -0.311 e. The van der Waals surface area contributed by atoms with Gasteiger partial charge in [-0.15, -0.1) is 0 Å². The molecule has 1 heterocycles. The number of thioether (sulfide) groups is 1. The van der Waals surface area contributed by atoms with E-state index in [-0.39, 0.29) is 5.56 Å². The molecule has 18 heavy (non-hydrogen) atoms. The van der Waals surface area contributed by atoms with Crippen LogP contribution < -0.4 is 10.9 Å². The van der Waals surface area contributed by atoms with Gasteiger partial charge in [-0.05, 0) is 17.7 Å². The molecular formula is C13H23N3OS. The molecule has 102 valence electrons. The molecule has 0 bridgehead atoms. The number of hydrogen-bond donors (Lipinski definition) is 2. The normalized spacial score (nSPS) is 11.4. The molecule has 1 rings (SSSR count). The fourth-order valence-corrected chi connectivity index (χ4v) is 2.08. The van der Waals surface area contributed by atoms with Crippen molar-refractivity contribution in [1.82, 2.24) is 15.3 Å². The van der Waals surface area contributed by atoms with Gasteiger partial charge in [-0.1, -0.05) is 27.7 Å². The van der Waals surface area contributed by atoms with Crippen molar-refractivity contribution < 1.29 is 0 Å². The zero-order valence-electron chi connectivity index (χ0n) is 11.6. The molecule has 0 unspecified atom stereocenters. The zero-order valence-corrected chi connectivity index (χ0v) is 12.4. The minimum atomic E-state index is -0.0642. The van der Waals surface area contributed by atoms with Gasteiger partial charge in [0.15, 0.2) is 0 Å². The molecule has 0 aliphatic carbocycles. The van der Waals surface area contributed by atoms with Crippen molar-refractivity contribution in [2.24, 2.45) is 5.92 Å². The first-order valence-electron chi connectivity index (χ1n) is 6.38. The second-order valence-corrected chi connectivity index (χ2v) is 6.63. The van der Waals surface area contributed by atoms with Gasteiger partial charge in [0.25, 0.3) is 5.56 Å². The molecule has 1 aromatic rings. The maximum absolute atomic E-state index is 11.5. The predicted octanol–water partition coefficient (Wildman–Crippen LogP) is 2.16. The lowest BCUT2D eigenvalue weighted by atomic mass is 10.2. The maximum atomic E-state index is 11.5. The summed E-state index contributed by atoms with van der Waals surface area (Å²) in [6.45, 7) is 10.2. The van der Waals surface area contributed by atoms with E-state index in [4.69, 9.17) is 0 Å². The van der Waals surface area contributed by atoms with Crippen LogP contribution in [-0.2, 0) is 12.3 Å². The van der Waals surface area contributed by atoms with Crippen LogP contribution in [0.2, 0.25) is 0 Å². The van der Waals surface area contributed by atoms with E-state index in [1.807, 2.05) is 0 Å². The lowest BCUT2D eigenvalue weighted by molar-refractivity contribution is 0.547. The Morgan fingerprint density at radius 2 is 2.11 bits per heavy atom. The van der Waals surface area contributed by atoms with Crippen LogP contribution in [-0.4, -0.2) is 21.8 Å². The Kier molecular flexibility index (Phi) is 6.43. The lowest BCUT2D eigenvalue weighted by Crippen LogP contribution is -2.22. The molecule has 0 saturated heterocycles. The minimum absolute atomic E-state index is 0.0642. The first-order chi connectivity index (χ1) is 8.47. The Balaban J connectivity index is 2.60. The molecule has 0 saturated carbocycles. The van der Waals surface area contributed by atoms with Gasteiger partial charge in [0, 0.05) is 12.6 Å². The smallest absolute Gasteiger partial charge is 0.251 e. The first-order valence-corrected chi connectivity index (χ1v) is 7.43. The van der Waals surface area contributed by atoms with Gasteiger partial charge in [0.05, 0.1) is 11.4 Å². The summed E-state index contributed by atoms with van der Waals surface area (Å²) in [5, 5.41) is 3.84. The van der Waals surface area contributed by atoms with E-state index in [1.54, 1.807) is 17.8 Å². The molecule has 0 aromatic carbocycles. The van der Waals surface area contributed by atoms with Crippen molar-refractivity contribution >= 4 is 11.8 Å². The molecule has 0 atom stereocenters. The Bertz CT molecular complexity index is 415. The van der Waals surface area contributed by atoms with E-state index in [0.29, 0.717) is 17.7 Å². The summed E-state index contributed by atoms with van der Waals surface area (Å²) in [4.78, 5) is 18.8. The van der Waals surface area contributed by atoms with Crippen LogP contribution in [0.4, 0.5) is 0 Å². The van der Waals surface area contributed by atoms with Gasteiger partial charge < -0.3 is 10.3 Å². The topological polar surface area (TPSA) is 57.8 Å². The second-order valence-electron chi connectivity index (χ2n) is 5.07. The number of hydrogen-bond acceptors (Lipinski definition) is 4. The number of H-pyrrole nitrogens is 1. The fourth-order valence-electron chi connectivity index (χ4n) is 1.46. The second kappa shape index (κ2) is 7.59. The predicted molar refractivity (Wildman–Crippen MR) is 77.8 cm³/mol. The monoisotopic (exact) mass is 269 g/mol. The van der Waals surface area contributed by atoms with Crippen molar-refractivity contribution in [1.29, 1.82) is 0 Å². The molecule has 4 nitrogen and oxygen atoms in total. The highest BCUT2D eigenvalue weighted by molar-refractivity contribution is 7.99. The summed E-state index contributed by atoms with van der Waals surface area (Å²) in [7, 11) is 0.